The van der Waals surface area contributed by atoms with E-state index in [0.717, 1.165) is 51.1 Å². The van der Waals surface area contributed by atoms with Gasteiger partial charge in [-0.3, -0.25) is 4.90 Å². The van der Waals surface area contributed by atoms with E-state index in [1.807, 2.05) is 39.7 Å². The minimum atomic E-state index is -0.480. The smallest absolute Gasteiger partial charge is 0.410 e. The summed E-state index contributed by atoms with van der Waals surface area (Å²) in [7, 11) is 2.17. The van der Waals surface area contributed by atoms with Crippen molar-refractivity contribution in [3.63, 3.8) is 0 Å². The molecule has 1 aromatic carbocycles. The van der Waals surface area contributed by atoms with Crippen LogP contribution in [0.3, 0.4) is 0 Å². The van der Waals surface area contributed by atoms with Crippen LogP contribution in [0.5, 0.6) is 0 Å². The van der Waals surface area contributed by atoms with E-state index in [1.165, 1.54) is 5.56 Å². The van der Waals surface area contributed by atoms with Gasteiger partial charge >= 0.3 is 6.09 Å². The number of ether oxygens (including phenoxy) is 2. The van der Waals surface area contributed by atoms with E-state index in [1.54, 1.807) is 4.90 Å². The van der Waals surface area contributed by atoms with Gasteiger partial charge in [-0.15, -0.1) is 0 Å². The lowest BCUT2D eigenvalue weighted by atomic mass is 10.1. The monoisotopic (exact) mass is 501 g/mol. The van der Waals surface area contributed by atoms with Crippen LogP contribution in [0.2, 0.25) is 0 Å². The minimum Gasteiger partial charge on any atom is -0.444 e. The Hall–Kier alpha value is -2.82. The van der Waals surface area contributed by atoms with Crippen molar-refractivity contribution < 1.29 is 23.6 Å². The number of rotatable bonds is 6. The topological polar surface area (TPSA) is 101 Å². The fraction of sp³-hybridized carbons (Fsp3) is 0.615. The summed E-state index contributed by atoms with van der Waals surface area (Å²) in [6.07, 6.45) is 1.33. The third-order valence-corrected chi connectivity index (χ3v) is 6.21. The Morgan fingerprint density at radius 2 is 1.69 bits per heavy atom. The summed E-state index contributed by atoms with van der Waals surface area (Å²) in [5.41, 5.74) is 1.71. The van der Waals surface area contributed by atoms with Crippen LogP contribution >= 0.6 is 0 Å². The normalized spacial score (nSPS) is 17.9. The summed E-state index contributed by atoms with van der Waals surface area (Å²) in [5.74, 6) is 1.04. The molecule has 198 valence electrons. The van der Waals surface area contributed by atoms with Crippen molar-refractivity contribution in [2.45, 2.75) is 58.5 Å². The molecule has 0 atom stereocenters. The lowest BCUT2D eigenvalue weighted by molar-refractivity contribution is -0.0980. The zero-order valence-corrected chi connectivity index (χ0v) is 21.9. The summed E-state index contributed by atoms with van der Waals surface area (Å²) in [5, 5.41) is 4.08. The predicted octanol–water partition coefficient (Wildman–Crippen LogP) is 3.22. The molecule has 2 saturated heterocycles. The molecular weight excluding hydrogens is 462 g/mol. The first kappa shape index (κ1) is 27.8. The van der Waals surface area contributed by atoms with E-state index in [2.05, 4.69) is 39.1 Å². The van der Waals surface area contributed by atoms with E-state index >= 15 is 0 Å². The Labute approximate surface area is 213 Å². The highest BCUT2D eigenvalue weighted by Crippen LogP contribution is 2.21. The molecule has 2 aromatic rings. The molecule has 0 aliphatic carbocycles. The van der Waals surface area contributed by atoms with Gasteiger partial charge in [0, 0.05) is 51.4 Å². The Balaban J connectivity index is 0.00000176. The summed E-state index contributed by atoms with van der Waals surface area (Å²) >= 11 is 0. The maximum Gasteiger partial charge on any atom is 0.410 e. The van der Waals surface area contributed by atoms with Gasteiger partial charge in [0.15, 0.2) is 5.82 Å². The largest absolute Gasteiger partial charge is 0.444 e. The third-order valence-electron chi connectivity index (χ3n) is 6.21. The number of piperazine rings is 1. The van der Waals surface area contributed by atoms with E-state index in [0.29, 0.717) is 31.4 Å². The Morgan fingerprint density at radius 1 is 1.06 bits per heavy atom. The van der Waals surface area contributed by atoms with Crippen molar-refractivity contribution >= 4 is 12.9 Å². The number of aromatic nitrogens is 2. The standard InChI is InChI=1S/C25H37N5O4.CH2O/c1-25(2,3)33-24(31)30-11-9-21(10-12-30)32-18-22-26-23(34-27-22)20-7-5-19(6-8-20)17-29-15-13-28(4)14-16-29;1-2/h5-8,21H,9-18H2,1-4H3;1H2. The summed E-state index contributed by atoms with van der Waals surface area (Å²) < 4.78 is 16.9. The molecule has 1 amide bonds. The van der Waals surface area contributed by atoms with E-state index in [9.17, 15) is 4.79 Å². The number of carbonyl (C=O) groups excluding carboxylic acids is 2. The van der Waals surface area contributed by atoms with Crippen LogP contribution < -0.4 is 0 Å². The lowest BCUT2D eigenvalue weighted by Gasteiger charge is -2.33. The van der Waals surface area contributed by atoms with Crippen LogP contribution in [0.15, 0.2) is 28.8 Å². The highest BCUT2D eigenvalue weighted by Gasteiger charge is 2.27. The molecule has 2 aliphatic heterocycles. The molecule has 0 saturated carbocycles. The summed E-state index contributed by atoms with van der Waals surface area (Å²) in [6.45, 7) is 14.6. The van der Waals surface area contributed by atoms with Gasteiger partial charge in [-0.1, -0.05) is 17.3 Å². The van der Waals surface area contributed by atoms with Crippen LogP contribution in [0, 0.1) is 0 Å². The number of amides is 1. The molecule has 1 aromatic heterocycles. The summed E-state index contributed by atoms with van der Waals surface area (Å²) in [6, 6.07) is 8.34. The minimum absolute atomic E-state index is 0.0643. The fourth-order valence-electron chi connectivity index (χ4n) is 4.17. The third kappa shape index (κ3) is 8.39. The quantitative estimate of drug-likeness (QED) is 0.590. The highest BCUT2D eigenvalue weighted by molar-refractivity contribution is 5.68. The van der Waals surface area contributed by atoms with Crippen molar-refractivity contribution in [3.8, 4) is 11.5 Å². The number of likely N-dealkylation sites (tertiary alicyclic amines) is 1. The highest BCUT2D eigenvalue weighted by atomic mass is 16.6. The number of likely N-dealkylation sites (N-methyl/N-ethyl adjacent to an activating group) is 1. The molecule has 4 rings (SSSR count). The van der Waals surface area contributed by atoms with Crippen LogP contribution in [0.1, 0.15) is 45.0 Å². The Morgan fingerprint density at radius 3 is 2.31 bits per heavy atom. The van der Waals surface area contributed by atoms with Gasteiger partial charge in [0.05, 0.1) is 6.10 Å². The van der Waals surface area contributed by atoms with Gasteiger partial charge < -0.3 is 28.6 Å². The van der Waals surface area contributed by atoms with Crippen molar-refractivity contribution in [3.05, 3.63) is 35.7 Å². The maximum absolute atomic E-state index is 12.2. The molecule has 0 bridgehead atoms. The van der Waals surface area contributed by atoms with Gasteiger partial charge in [-0.05, 0) is 58.4 Å². The van der Waals surface area contributed by atoms with Crippen molar-refractivity contribution in [1.82, 2.24) is 24.8 Å². The average Bonchev–Trinajstić information content (AvgIpc) is 3.34. The zero-order chi connectivity index (χ0) is 26.1. The first-order chi connectivity index (χ1) is 17.2. The molecule has 0 N–H and O–H groups in total. The molecule has 0 unspecified atom stereocenters. The van der Waals surface area contributed by atoms with Crippen molar-refractivity contribution in [1.29, 1.82) is 0 Å². The van der Waals surface area contributed by atoms with Gasteiger partial charge in [0.2, 0.25) is 0 Å². The number of nitrogens with zero attached hydrogens (tertiary/aromatic N) is 5. The molecule has 3 heterocycles. The first-order valence-electron chi connectivity index (χ1n) is 12.5. The maximum atomic E-state index is 12.2. The Bertz CT molecular complexity index is 942. The van der Waals surface area contributed by atoms with Crippen LogP contribution in [-0.4, -0.2) is 95.7 Å². The molecule has 10 nitrogen and oxygen atoms in total. The van der Waals surface area contributed by atoms with Gasteiger partial charge in [-0.25, -0.2) is 4.79 Å². The molecule has 2 fully saturated rings. The van der Waals surface area contributed by atoms with Crippen molar-refractivity contribution in [2.75, 3.05) is 46.3 Å². The number of piperidine rings is 1. The molecule has 10 heteroatoms. The van der Waals surface area contributed by atoms with Gasteiger partial charge in [0.1, 0.15) is 19.0 Å². The van der Waals surface area contributed by atoms with Crippen LogP contribution in [-0.2, 0) is 27.4 Å². The molecular formula is C26H39N5O5. The number of hydrogen-bond acceptors (Lipinski definition) is 9. The molecule has 0 spiro atoms. The fourth-order valence-corrected chi connectivity index (χ4v) is 4.17. The van der Waals surface area contributed by atoms with Gasteiger partial charge in [0.25, 0.3) is 5.89 Å². The van der Waals surface area contributed by atoms with E-state index in [4.69, 9.17) is 18.8 Å². The van der Waals surface area contributed by atoms with Crippen molar-refractivity contribution in [2.24, 2.45) is 0 Å². The SMILES string of the molecule is C=O.CN1CCN(Cc2ccc(-c3nc(COC4CCN(C(=O)OC(C)(C)C)CC4)no3)cc2)CC1. The molecule has 0 radical (unpaired) electrons. The second-order valence-corrected chi connectivity index (χ2v) is 10.3. The average molecular weight is 502 g/mol. The van der Waals surface area contributed by atoms with Gasteiger partial charge in [-0.2, -0.15) is 4.98 Å². The molecule has 36 heavy (non-hydrogen) atoms. The number of benzene rings is 1. The second-order valence-electron chi connectivity index (χ2n) is 10.3. The van der Waals surface area contributed by atoms with E-state index in [-0.39, 0.29) is 12.2 Å². The lowest BCUT2D eigenvalue weighted by Crippen LogP contribution is -2.43. The number of hydrogen-bond donors (Lipinski definition) is 0. The molecule has 2 aliphatic rings. The first-order valence-corrected chi connectivity index (χ1v) is 12.5. The Kier molecular flexibility index (Phi) is 9.98. The van der Waals surface area contributed by atoms with Crippen LogP contribution in [0.4, 0.5) is 4.79 Å². The van der Waals surface area contributed by atoms with Crippen LogP contribution in [0.25, 0.3) is 11.5 Å². The number of carbonyl (C=O) groups is 2. The zero-order valence-electron chi connectivity index (χ0n) is 21.9. The summed E-state index contributed by atoms with van der Waals surface area (Å²) in [4.78, 5) is 31.3. The van der Waals surface area contributed by atoms with E-state index < -0.39 is 5.60 Å². The second kappa shape index (κ2) is 12.9. The predicted molar refractivity (Wildman–Crippen MR) is 135 cm³/mol.